The van der Waals surface area contributed by atoms with Crippen LogP contribution in [0.5, 0.6) is 0 Å². The average Bonchev–Trinajstić information content (AvgIpc) is 3.80. The van der Waals surface area contributed by atoms with Crippen molar-refractivity contribution in [2.45, 2.75) is 97.1 Å². The zero-order valence-corrected chi connectivity index (χ0v) is 35.7. The molecule has 0 radical (unpaired) electrons. The van der Waals surface area contributed by atoms with Crippen LogP contribution in [0.25, 0.3) is 10.1 Å². The molecule has 58 heavy (non-hydrogen) atoms. The Morgan fingerprint density at radius 2 is 1.52 bits per heavy atom. The van der Waals surface area contributed by atoms with E-state index >= 15 is 0 Å². The molecular weight excluding hydrogens is 768 g/mol. The second-order valence-corrected chi connectivity index (χ2v) is 15.7. The number of carbonyl (C=O) groups excluding carboxylic acids is 3. The summed E-state index contributed by atoms with van der Waals surface area (Å²) in [7, 11) is 0. The second kappa shape index (κ2) is 24.4. The van der Waals surface area contributed by atoms with E-state index in [0.29, 0.717) is 23.6 Å². The molecule has 2 aliphatic rings. The van der Waals surface area contributed by atoms with Crippen molar-refractivity contribution in [1.82, 2.24) is 9.27 Å². The Kier molecular flexibility index (Phi) is 18.8. The molecule has 0 aliphatic carbocycles. The lowest BCUT2D eigenvalue weighted by Gasteiger charge is -2.35. The highest BCUT2D eigenvalue weighted by Gasteiger charge is 2.41. The number of carbonyl (C=O) groups is 3. The van der Waals surface area contributed by atoms with Gasteiger partial charge in [-0.3, -0.25) is 19.4 Å². The summed E-state index contributed by atoms with van der Waals surface area (Å²) in [5.41, 5.74) is 2.15. The zero-order chi connectivity index (χ0) is 41.0. The highest BCUT2D eigenvalue weighted by atomic mass is 35.5. The van der Waals surface area contributed by atoms with Crippen molar-refractivity contribution in [3.63, 3.8) is 0 Å². The standard InChI is InChI=1S/C47H59ClN4O5S/c1-3-5-6-7-8-9-10-11-12-13-14-15-16-17-18-19-20-21-22-27-44(54)57-46(47(55)56-4-2)52-41-36-40(48)37(34-38(41)35-43(52)53)28-29-50-30-32-51(33-31-50)45-39-25-23-24-26-42(39)58-49-45/h8-9,11-12,14-15,17-18,20-21,23-26,34,36,46H,3-7,10,13,16,19,22,27-33,35H2,1-2H3/b9-8-,12-11-,15-14-,18-17-,21-20-. The molecule has 0 N–H and O–H groups in total. The highest BCUT2D eigenvalue weighted by Crippen LogP contribution is 2.36. The molecule has 2 aromatic carbocycles. The summed E-state index contributed by atoms with van der Waals surface area (Å²) in [4.78, 5) is 45.4. The summed E-state index contributed by atoms with van der Waals surface area (Å²) in [6.45, 7) is 8.41. The summed E-state index contributed by atoms with van der Waals surface area (Å²) in [5, 5.41) is 1.70. The lowest BCUT2D eigenvalue weighted by atomic mass is 10.1. The number of fused-ring (bicyclic) bond motifs is 2. The Morgan fingerprint density at radius 3 is 2.19 bits per heavy atom. The third-order valence-corrected chi connectivity index (χ3v) is 11.4. The Hall–Kier alpha value is -4.51. The first-order chi connectivity index (χ1) is 28.4. The number of rotatable bonds is 23. The highest BCUT2D eigenvalue weighted by molar-refractivity contribution is 7.13. The summed E-state index contributed by atoms with van der Waals surface area (Å²) in [6, 6.07) is 12.0. The van der Waals surface area contributed by atoms with E-state index in [0.717, 1.165) is 75.4 Å². The Morgan fingerprint density at radius 1 is 0.862 bits per heavy atom. The van der Waals surface area contributed by atoms with Crippen molar-refractivity contribution in [3.8, 4) is 0 Å². The van der Waals surface area contributed by atoms with Gasteiger partial charge in [-0.2, -0.15) is 4.37 Å². The molecule has 9 nitrogen and oxygen atoms in total. The molecule has 310 valence electrons. The number of unbranched alkanes of at least 4 members (excludes halogenated alkanes) is 3. The summed E-state index contributed by atoms with van der Waals surface area (Å²) in [6.07, 6.45) is 29.7. The number of ether oxygens (including phenoxy) is 2. The maximum absolute atomic E-state index is 13.4. The van der Waals surface area contributed by atoms with Gasteiger partial charge in [0.25, 0.3) is 6.23 Å². The minimum Gasteiger partial charge on any atom is -0.462 e. The van der Waals surface area contributed by atoms with Gasteiger partial charge in [-0.25, -0.2) is 4.79 Å². The van der Waals surface area contributed by atoms with E-state index < -0.39 is 18.2 Å². The summed E-state index contributed by atoms with van der Waals surface area (Å²) in [5.74, 6) is -0.668. The fourth-order valence-electron chi connectivity index (χ4n) is 7.05. The van der Waals surface area contributed by atoms with Crippen LogP contribution in [-0.4, -0.2) is 72.7 Å². The van der Waals surface area contributed by atoms with Gasteiger partial charge < -0.3 is 14.4 Å². The van der Waals surface area contributed by atoms with Gasteiger partial charge in [-0.05, 0) is 99.1 Å². The van der Waals surface area contributed by atoms with E-state index in [1.807, 2.05) is 24.3 Å². The molecule has 1 saturated heterocycles. The summed E-state index contributed by atoms with van der Waals surface area (Å²) >= 11 is 8.35. The van der Waals surface area contributed by atoms with Gasteiger partial charge >= 0.3 is 11.9 Å². The fraction of sp³-hybridized carbons (Fsp3) is 0.447. The number of hydrogen-bond acceptors (Lipinski definition) is 9. The second-order valence-electron chi connectivity index (χ2n) is 14.5. The van der Waals surface area contributed by atoms with E-state index in [4.69, 9.17) is 25.4 Å². The summed E-state index contributed by atoms with van der Waals surface area (Å²) < 4.78 is 16.8. The average molecular weight is 828 g/mol. The Bertz CT molecular complexity index is 1940. The normalized spacial score (nSPS) is 15.7. The number of esters is 2. The van der Waals surface area contributed by atoms with Crippen molar-refractivity contribution < 1.29 is 23.9 Å². The molecule has 1 amide bonds. The van der Waals surface area contributed by atoms with E-state index in [2.05, 4.69) is 83.5 Å². The molecule has 2 aliphatic heterocycles. The topological polar surface area (TPSA) is 92.3 Å². The van der Waals surface area contributed by atoms with E-state index in [-0.39, 0.29) is 25.4 Å². The number of hydrogen-bond donors (Lipinski definition) is 0. The molecule has 11 heteroatoms. The fourth-order valence-corrected chi connectivity index (χ4v) is 8.10. The minimum absolute atomic E-state index is 0.0598. The van der Waals surface area contributed by atoms with Crippen LogP contribution in [0.15, 0.2) is 97.2 Å². The molecule has 1 unspecified atom stereocenters. The molecular formula is C47H59ClN4O5S. The third kappa shape index (κ3) is 13.5. The number of aromatic nitrogens is 1. The van der Waals surface area contributed by atoms with Crippen molar-refractivity contribution in [3.05, 3.63) is 113 Å². The maximum Gasteiger partial charge on any atom is 0.369 e. The van der Waals surface area contributed by atoms with Crippen LogP contribution in [-0.2, 0) is 36.7 Å². The minimum atomic E-state index is -1.53. The lowest BCUT2D eigenvalue weighted by Crippen LogP contribution is -2.47. The lowest BCUT2D eigenvalue weighted by molar-refractivity contribution is -0.168. The number of halogens is 1. The van der Waals surface area contributed by atoms with Crippen molar-refractivity contribution in [2.75, 3.05) is 49.1 Å². The van der Waals surface area contributed by atoms with Gasteiger partial charge in [-0.15, -0.1) is 0 Å². The predicted molar refractivity (Wildman–Crippen MR) is 239 cm³/mol. The first-order valence-corrected chi connectivity index (χ1v) is 22.1. The van der Waals surface area contributed by atoms with Gasteiger partial charge in [0.1, 0.15) is 5.82 Å². The molecule has 0 saturated carbocycles. The molecule has 0 spiro atoms. The molecule has 3 heterocycles. The Labute approximate surface area is 353 Å². The number of nitrogens with zero attached hydrogens (tertiary/aromatic N) is 4. The number of anilines is 2. The van der Waals surface area contributed by atoms with Crippen LogP contribution >= 0.6 is 23.1 Å². The van der Waals surface area contributed by atoms with E-state index in [9.17, 15) is 14.4 Å². The van der Waals surface area contributed by atoms with Gasteiger partial charge in [0.15, 0.2) is 0 Å². The van der Waals surface area contributed by atoms with Crippen LogP contribution in [0.2, 0.25) is 5.02 Å². The van der Waals surface area contributed by atoms with Crippen LogP contribution in [0.1, 0.15) is 89.2 Å². The van der Waals surface area contributed by atoms with Crippen molar-refractivity contribution >= 4 is 62.6 Å². The largest absolute Gasteiger partial charge is 0.462 e. The van der Waals surface area contributed by atoms with Crippen LogP contribution in [0, 0.1) is 0 Å². The van der Waals surface area contributed by atoms with Crippen molar-refractivity contribution in [2.24, 2.45) is 0 Å². The van der Waals surface area contributed by atoms with E-state index in [1.165, 1.54) is 40.7 Å². The monoisotopic (exact) mass is 826 g/mol. The molecule has 3 aromatic rings. The first kappa shape index (κ1) is 44.6. The molecule has 1 aromatic heterocycles. The molecule has 1 atom stereocenters. The number of allylic oxidation sites excluding steroid dienone is 10. The molecule has 1 fully saturated rings. The van der Waals surface area contributed by atoms with Crippen LogP contribution in [0.4, 0.5) is 11.5 Å². The first-order valence-electron chi connectivity index (χ1n) is 21.0. The third-order valence-electron chi connectivity index (χ3n) is 10.2. The zero-order valence-electron chi connectivity index (χ0n) is 34.2. The number of amides is 1. The quantitative estimate of drug-likeness (QED) is 0.0530. The maximum atomic E-state index is 13.4. The molecule has 0 bridgehead atoms. The van der Waals surface area contributed by atoms with Gasteiger partial charge in [0, 0.05) is 49.6 Å². The van der Waals surface area contributed by atoms with E-state index in [1.54, 1.807) is 24.5 Å². The number of benzene rings is 2. The van der Waals surface area contributed by atoms with Gasteiger partial charge in [-0.1, -0.05) is 110 Å². The van der Waals surface area contributed by atoms with Crippen LogP contribution in [0.3, 0.4) is 0 Å². The molecule has 5 rings (SSSR count). The van der Waals surface area contributed by atoms with Gasteiger partial charge in [0.05, 0.1) is 23.4 Å². The van der Waals surface area contributed by atoms with Gasteiger partial charge in [0.2, 0.25) is 5.91 Å². The Balaban J connectivity index is 1.04. The smallest absolute Gasteiger partial charge is 0.369 e. The van der Waals surface area contributed by atoms with Crippen molar-refractivity contribution in [1.29, 1.82) is 0 Å². The number of piperazine rings is 1. The predicted octanol–water partition coefficient (Wildman–Crippen LogP) is 10.3. The SMILES string of the molecule is CCCCC/C=C\C/C=C\C/C=C\C/C=C\C/C=C\CCC(=O)OC(C(=O)OCC)N1C(=O)Cc2cc(CCN3CCN(c4nsc5ccccc45)CC3)c(Cl)cc21. The van der Waals surface area contributed by atoms with Crippen LogP contribution < -0.4 is 9.80 Å².